The molecule has 0 aliphatic carbocycles. The van der Waals surface area contributed by atoms with Crippen LogP contribution in [-0.2, 0) is 25.8 Å². The number of halogens is 1. The number of esters is 1. The molecule has 4 nitrogen and oxygen atoms in total. The third-order valence-corrected chi connectivity index (χ3v) is 5.72. The number of carbonyl (C=O) groups is 1. The Morgan fingerprint density at radius 1 is 1.09 bits per heavy atom. The number of carbonyl (C=O) groups excluding carboxylic acids is 1. The summed E-state index contributed by atoms with van der Waals surface area (Å²) in [6, 6.07) is 13.1. The molecule has 0 aromatic heterocycles. The first kappa shape index (κ1) is 16.7. The normalized spacial score (nSPS) is 11.2. The Morgan fingerprint density at radius 3 is 2.36 bits per heavy atom. The third kappa shape index (κ3) is 3.75. The second-order valence-corrected chi connectivity index (χ2v) is 7.45. The summed E-state index contributed by atoms with van der Waals surface area (Å²) < 4.78 is 30.3. The highest BCUT2D eigenvalue weighted by Crippen LogP contribution is 2.26. The van der Waals surface area contributed by atoms with E-state index in [1.165, 1.54) is 7.11 Å². The van der Waals surface area contributed by atoms with Gasteiger partial charge in [0, 0.05) is 10.9 Å². The van der Waals surface area contributed by atoms with Crippen molar-refractivity contribution in [2.75, 3.05) is 7.11 Å². The zero-order valence-corrected chi connectivity index (χ0v) is 14.4. The molecule has 0 atom stereocenters. The number of sulfone groups is 1. The van der Waals surface area contributed by atoms with Crippen molar-refractivity contribution in [3.8, 4) is 0 Å². The molecule has 0 aliphatic heterocycles. The monoisotopic (exact) mass is 382 g/mol. The number of methoxy groups -OCH3 is 1. The number of aryl methyl sites for hydroxylation is 1. The van der Waals surface area contributed by atoms with Crippen molar-refractivity contribution >= 4 is 31.7 Å². The maximum Gasteiger partial charge on any atom is 0.305 e. The Balaban J connectivity index is 2.28. The van der Waals surface area contributed by atoms with Crippen molar-refractivity contribution in [1.29, 1.82) is 0 Å². The first-order chi connectivity index (χ1) is 10.4. The molecular weight excluding hydrogens is 368 g/mol. The van der Waals surface area contributed by atoms with Crippen LogP contribution in [0.1, 0.15) is 12.0 Å². The highest BCUT2D eigenvalue weighted by Gasteiger charge is 2.18. The van der Waals surface area contributed by atoms with Gasteiger partial charge in [-0.3, -0.25) is 4.79 Å². The molecule has 0 amide bonds. The lowest BCUT2D eigenvalue weighted by atomic mass is 10.1. The van der Waals surface area contributed by atoms with Crippen LogP contribution >= 0.6 is 15.9 Å². The average Bonchev–Trinajstić information content (AvgIpc) is 2.54. The lowest BCUT2D eigenvalue weighted by Gasteiger charge is -2.08. The van der Waals surface area contributed by atoms with Gasteiger partial charge in [0.2, 0.25) is 9.84 Å². The van der Waals surface area contributed by atoms with E-state index in [1.807, 2.05) is 0 Å². The fourth-order valence-corrected chi connectivity index (χ4v) is 4.01. The van der Waals surface area contributed by atoms with Gasteiger partial charge in [0.1, 0.15) is 0 Å². The van der Waals surface area contributed by atoms with Gasteiger partial charge >= 0.3 is 5.97 Å². The predicted molar refractivity (Wildman–Crippen MR) is 86.4 cm³/mol. The molecule has 2 rings (SSSR count). The molecule has 0 aliphatic rings. The highest BCUT2D eigenvalue weighted by atomic mass is 79.9. The number of hydrogen-bond acceptors (Lipinski definition) is 4. The molecule has 0 bridgehead atoms. The Bertz CT molecular complexity index is 770. The minimum Gasteiger partial charge on any atom is -0.469 e. The van der Waals surface area contributed by atoms with Crippen LogP contribution in [0.2, 0.25) is 0 Å². The standard InChI is InChI=1S/C16H15BrO4S/c1-21-16(18)10-8-12-7-9-14(11-15(12)17)22(19,20)13-5-3-2-4-6-13/h2-7,9,11H,8,10H2,1H3. The molecule has 116 valence electrons. The molecule has 0 spiro atoms. The Morgan fingerprint density at radius 2 is 1.77 bits per heavy atom. The molecule has 0 N–H and O–H groups in total. The molecular formula is C16H15BrO4S. The largest absolute Gasteiger partial charge is 0.469 e. The van der Waals surface area contributed by atoms with Crippen LogP contribution < -0.4 is 0 Å². The molecule has 0 saturated heterocycles. The summed E-state index contributed by atoms with van der Waals surface area (Å²) in [7, 11) is -2.20. The predicted octanol–water partition coefficient (Wildman–Crippen LogP) is 3.39. The van der Waals surface area contributed by atoms with Crippen molar-refractivity contribution in [2.45, 2.75) is 22.6 Å². The minimum atomic E-state index is -3.54. The van der Waals surface area contributed by atoms with Crippen molar-refractivity contribution in [3.05, 3.63) is 58.6 Å². The van der Waals surface area contributed by atoms with Gasteiger partial charge in [-0.05, 0) is 36.2 Å². The van der Waals surface area contributed by atoms with Gasteiger partial charge < -0.3 is 4.74 Å². The molecule has 2 aromatic carbocycles. The van der Waals surface area contributed by atoms with E-state index < -0.39 is 9.84 Å². The van der Waals surface area contributed by atoms with Gasteiger partial charge in [-0.15, -0.1) is 0 Å². The smallest absolute Gasteiger partial charge is 0.305 e. The van der Waals surface area contributed by atoms with Gasteiger partial charge in [-0.2, -0.15) is 0 Å². The first-order valence-electron chi connectivity index (χ1n) is 6.60. The summed E-state index contributed by atoms with van der Waals surface area (Å²) in [6.07, 6.45) is 0.735. The molecule has 6 heteroatoms. The SMILES string of the molecule is COC(=O)CCc1ccc(S(=O)(=O)c2ccccc2)cc1Br. The van der Waals surface area contributed by atoms with E-state index in [0.29, 0.717) is 10.9 Å². The molecule has 2 aromatic rings. The topological polar surface area (TPSA) is 60.4 Å². The van der Waals surface area contributed by atoms with E-state index in [1.54, 1.807) is 48.5 Å². The quantitative estimate of drug-likeness (QED) is 0.743. The zero-order chi connectivity index (χ0) is 16.2. The first-order valence-corrected chi connectivity index (χ1v) is 8.88. The van der Waals surface area contributed by atoms with E-state index in [4.69, 9.17) is 0 Å². The molecule has 0 radical (unpaired) electrons. The second-order valence-electron chi connectivity index (χ2n) is 4.65. The van der Waals surface area contributed by atoms with Crippen molar-refractivity contribution in [3.63, 3.8) is 0 Å². The van der Waals surface area contributed by atoms with Crippen LogP contribution in [-0.4, -0.2) is 21.5 Å². The van der Waals surface area contributed by atoms with Crippen LogP contribution in [0.5, 0.6) is 0 Å². The molecule has 0 saturated carbocycles. The molecule has 0 fully saturated rings. The third-order valence-electron chi connectivity index (χ3n) is 3.21. The number of ether oxygens (including phenoxy) is 1. The highest BCUT2D eigenvalue weighted by molar-refractivity contribution is 9.10. The van der Waals surface area contributed by atoms with E-state index >= 15 is 0 Å². The Hall–Kier alpha value is -1.66. The van der Waals surface area contributed by atoms with Gasteiger partial charge in [0.05, 0.1) is 16.9 Å². The van der Waals surface area contributed by atoms with Gasteiger partial charge in [0.25, 0.3) is 0 Å². The van der Waals surface area contributed by atoms with Crippen molar-refractivity contribution in [1.82, 2.24) is 0 Å². The average molecular weight is 383 g/mol. The van der Waals surface area contributed by atoms with Crippen LogP contribution in [0.4, 0.5) is 0 Å². The Labute approximate surface area is 138 Å². The second kappa shape index (κ2) is 7.07. The van der Waals surface area contributed by atoms with E-state index in [-0.39, 0.29) is 22.2 Å². The number of hydrogen-bond donors (Lipinski definition) is 0. The van der Waals surface area contributed by atoms with E-state index in [9.17, 15) is 13.2 Å². The van der Waals surface area contributed by atoms with Crippen molar-refractivity contribution < 1.29 is 17.9 Å². The summed E-state index contributed by atoms with van der Waals surface area (Å²) in [4.78, 5) is 11.6. The molecule has 0 heterocycles. The Kier molecular flexibility index (Phi) is 5.37. The van der Waals surface area contributed by atoms with E-state index in [0.717, 1.165) is 5.56 Å². The minimum absolute atomic E-state index is 0.215. The summed E-state index contributed by atoms with van der Waals surface area (Å²) in [5.41, 5.74) is 0.859. The summed E-state index contributed by atoms with van der Waals surface area (Å²) >= 11 is 3.37. The van der Waals surface area contributed by atoms with Gasteiger partial charge in [-0.1, -0.05) is 40.2 Å². The number of rotatable bonds is 5. The van der Waals surface area contributed by atoms with E-state index in [2.05, 4.69) is 20.7 Å². The molecule has 0 unspecified atom stereocenters. The van der Waals surface area contributed by atoms with Crippen LogP contribution in [0.3, 0.4) is 0 Å². The number of benzene rings is 2. The fraction of sp³-hybridized carbons (Fsp3) is 0.188. The zero-order valence-electron chi connectivity index (χ0n) is 12.0. The summed E-state index contributed by atoms with van der Waals surface area (Å²) in [6.45, 7) is 0. The lowest BCUT2D eigenvalue weighted by Crippen LogP contribution is -2.04. The van der Waals surface area contributed by atoms with Gasteiger partial charge in [-0.25, -0.2) is 8.42 Å². The fourth-order valence-electron chi connectivity index (χ4n) is 1.97. The summed E-state index contributed by atoms with van der Waals surface area (Å²) in [5, 5.41) is 0. The van der Waals surface area contributed by atoms with Gasteiger partial charge in [0.15, 0.2) is 0 Å². The van der Waals surface area contributed by atoms with Crippen LogP contribution in [0, 0.1) is 0 Å². The summed E-state index contributed by atoms with van der Waals surface area (Å²) in [5.74, 6) is -0.298. The maximum atomic E-state index is 12.5. The lowest BCUT2D eigenvalue weighted by molar-refractivity contribution is -0.140. The van der Waals surface area contributed by atoms with Crippen molar-refractivity contribution in [2.24, 2.45) is 0 Å². The van der Waals surface area contributed by atoms with Crippen LogP contribution in [0.25, 0.3) is 0 Å². The van der Waals surface area contributed by atoms with Crippen LogP contribution in [0.15, 0.2) is 62.8 Å². The molecule has 22 heavy (non-hydrogen) atoms. The maximum absolute atomic E-state index is 12.5.